The summed E-state index contributed by atoms with van der Waals surface area (Å²) in [5, 5.41) is 0.479. The van der Waals surface area contributed by atoms with Crippen LogP contribution in [0.25, 0.3) is 0 Å². The van der Waals surface area contributed by atoms with Crippen molar-refractivity contribution in [2.24, 2.45) is 0 Å². The third-order valence-corrected chi connectivity index (χ3v) is 6.20. The van der Waals surface area contributed by atoms with Gasteiger partial charge in [0.05, 0.1) is 10.6 Å². The molecular formula is C16H18ClNO4S2. The van der Waals surface area contributed by atoms with E-state index in [4.69, 9.17) is 11.6 Å². The molecule has 2 aromatic rings. The molecule has 0 spiro atoms. The molecule has 0 saturated carbocycles. The molecule has 24 heavy (non-hydrogen) atoms. The monoisotopic (exact) mass is 387 g/mol. The van der Waals surface area contributed by atoms with E-state index in [9.17, 15) is 16.8 Å². The van der Waals surface area contributed by atoms with Crippen molar-refractivity contribution in [2.75, 3.05) is 6.26 Å². The van der Waals surface area contributed by atoms with E-state index in [2.05, 4.69) is 4.72 Å². The Morgan fingerprint density at radius 2 is 1.67 bits per heavy atom. The third-order valence-electron chi connectivity index (χ3n) is 3.41. The molecule has 1 N–H and O–H groups in total. The third kappa shape index (κ3) is 5.31. The summed E-state index contributed by atoms with van der Waals surface area (Å²) >= 11 is 5.86. The Balaban J connectivity index is 2.11. The molecule has 0 bridgehead atoms. The lowest BCUT2D eigenvalue weighted by Gasteiger charge is -2.15. The molecule has 2 aromatic carbocycles. The van der Waals surface area contributed by atoms with Gasteiger partial charge < -0.3 is 0 Å². The highest BCUT2D eigenvalue weighted by Gasteiger charge is 2.17. The maximum Gasteiger partial charge on any atom is 0.216 e. The van der Waals surface area contributed by atoms with Crippen LogP contribution in [0.3, 0.4) is 0 Å². The van der Waals surface area contributed by atoms with E-state index < -0.39 is 25.9 Å². The van der Waals surface area contributed by atoms with Crippen molar-refractivity contribution < 1.29 is 16.8 Å². The van der Waals surface area contributed by atoms with Crippen LogP contribution in [0, 0.1) is 0 Å². The maximum atomic E-state index is 12.3. The van der Waals surface area contributed by atoms with E-state index in [0.29, 0.717) is 16.1 Å². The van der Waals surface area contributed by atoms with Crippen molar-refractivity contribution in [3.8, 4) is 0 Å². The molecule has 1 atom stereocenters. The summed E-state index contributed by atoms with van der Waals surface area (Å²) in [5.41, 5.74) is 1.27. The molecule has 0 unspecified atom stereocenters. The smallest absolute Gasteiger partial charge is 0.216 e. The van der Waals surface area contributed by atoms with Gasteiger partial charge in [0.25, 0.3) is 0 Å². The second-order valence-electron chi connectivity index (χ2n) is 5.57. The van der Waals surface area contributed by atoms with Gasteiger partial charge in [0.2, 0.25) is 10.0 Å². The minimum Gasteiger partial charge on any atom is -0.224 e. The minimum absolute atomic E-state index is 0.181. The first kappa shape index (κ1) is 18.9. The van der Waals surface area contributed by atoms with Crippen LogP contribution in [0.2, 0.25) is 5.02 Å². The number of hydrogen-bond donors (Lipinski definition) is 1. The van der Waals surface area contributed by atoms with Gasteiger partial charge in [0, 0.05) is 17.3 Å². The molecule has 5 nitrogen and oxygen atoms in total. The first-order valence-electron chi connectivity index (χ1n) is 7.11. The number of nitrogens with one attached hydrogen (secondary N) is 1. The van der Waals surface area contributed by atoms with Gasteiger partial charge in [-0.25, -0.2) is 21.6 Å². The van der Waals surface area contributed by atoms with Crippen molar-refractivity contribution in [3.05, 3.63) is 64.7 Å². The summed E-state index contributed by atoms with van der Waals surface area (Å²) < 4.78 is 50.0. The highest BCUT2D eigenvalue weighted by Crippen LogP contribution is 2.18. The van der Waals surface area contributed by atoms with Gasteiger partial charge in [0.1, 0.15) is 0 Å². The average Bonchev–Trinajstić information content (AvgIpc) is 2.45. The topological polar surface area (TPSA) is 80.3 Å². The van der Waals surface area contributed by atoms with E-state index in [0.717, 1.165) is 6.26 Å². The number of halogens is 1. The van der Waals surface area contributed by atoms with E-state index >= 15 is 0 Å². The Morgan fingerprint density at radius 3 is 2.21 bits per heavy atom. The fourth-order valence-corrected chi connectivity index (χ4v) is 4.45. The molecule has 0 radical (unpaired) electrons. The highest BCUT2D eigenvalue weighted by molar-refractivity contribution is 7.90. The zero-order valence-electron chi connectivity index (χ0n) is 13.2. The van der Waals surface area contributed by atoms with Gasteiger partial charge in [-0.3, -0.25) is 0 Å². The Hall–Kier alpha value is -1.41. The summed E-state index contributed by atoms with van der Waals surface area (Å²) in [4.78, 5) is 0.195. The highest BCUT2D eigenvalue weighted by atomic mass is 35.5. The number of hydrogen-bond acceptors (Lipinski definition) is 4. The molecule has 0 saturated heterocycles. The van der Waals surface area contributed by atoms with Crippen LogP contribution in [0.15, 0.2) is 53.4 Å². The molecular weight excluding hydrogens is 370 g/mol. The molecule has 0 aromatic heterocycles. The second-order valence-corrected chi connectivity index (χ2v) is 9.78. The van der Waals surface area contributed by atoms with Crippen LogP contribution in [-0.4, -0.2) is 23.1 Å². The summed E-state index contributed by atoms with van der Waals surface area (Å²) in [6.45, 7) is 1.70. The molecule has 0 fully saturated rings. The van der Waals surface area contributed by atoms with Gasteiger partial charge in [0.15, 0.2) is 9.84 Å². The first-order valence-corrected chi connectivity index (χ1v) is 11.0. The van der Waals surface area contributed by atoms with Crippen LogP contribution in [0.4, 0.5) is 0 Å². The van der Waals surface area contributed by atoms with E-state index in [1.807, 2.05) is 0 Å². The molecule has 8 heteroatoms. The SMILES string of the molecule is C[C@H](NS(=O)(=O)Cc1cccc(Cl)c1)c1ccc(S(C)(=O)=O)cc1. The predicted molar refractivity (Wildman–Crippen MR) is 95.2 cm³/mol. The van der Waals surface area contributed by atoms with Gasteiger partial charge in [-0.1, -0.05) is 35.9 Å². The summed E-state index contributed by atoms with van der Waals surface area (Å²) in [7, 11) is -6.84. The maximum absolute atomic E-state index is 12.3. The fraction of sp³-hybridized carbons (Fsp3) is 0.250. The van der Waals surface area contributed by atoms with Gasteiger partial charge in [-0.15, -0.1) is 0 Å². The quantitative estimate of drug-likeness (QED) is 0.826. The summed E-state index contributed by atoms with van der Waals surface area (Å²) in [6, 6.07) is 12.3. The van der Waals surface area contributed by atoms with Crippen LogP contribution in [0.1, 0.15) is 24.1 Å². The van der Waals surface area contributed by atoms with Gasteiger partial charge >= 0.3 is 0 Å². The lowest BCUT2D eigenvalue weighted by molar-refractivity contribution is 0.565. The lowest BCUT2D eigenvalue weighted by atomic mass is 10.1. The zero-order valence-corrected chi connectivity index (χ0v) is 15.6. The fourth-order valence-electron chi connectivity index (χ4n) is 2.23. The predicted octanol–water partition coefficient (Wildman–Crippen LogP) is 2.92. The molecule has 130 valence electrons. The molecule has 0 aliphatic heterocycles. The van der Waals surface area contributed by atoms with Crippen molar-refractivity contribution in [2.45, 2.75) is 23.6 Å². The van der Waals surface area contributed by atoms with Crippen LogP contribution < -0.4 is 4.72 Å². The first-order chi connectivity index (χ1) is 11.1. The van der Waals surface area contributed by atoms with E-state index in [1.54, 1.807) is 43.3 Å². The lowest BCUT2D eigenvalue weighted by Crippen LogP contribution is -2.28. The van der Waals surface area contributed by atoms with Crippen LogP contribution >= 0.6 is 11.6 Å². The zero-order chi connectivity index (χ0) is 18.0. The largest absolute Gasteiger partial charge is 0.224 e. The molecule has 0 amide bonds. The number of sulfonamides is 1. The normalized spacial score (nSPS) is 13.6. The van der Waals surface area contributed by atoms with Crippen molar-refractivity contribution in [3.63, 3.8) is 0 Å². The van der Waals surface area contributed by atoms with Crippen LogP contribution in [-0.2, 0) is 25.6 Å². The van der Waals surface area contributed by atoms with Gasteiger partial charge in [-0.2, -0.15) is 0 Å². The Labute approximate surface area is 147 Å². The molecule has 0 heterocycles. The second kappa shape index (κ2) is 7.23. The van der Waals surface area contributed by atoms with Crippen molar-refractivity contribution >= 4 is 31.5 Å². The summed E-state index contributed by atoms with van der Waals surface area (Å²) in [6.07, 6.45) is 1.12. The number of benzene rings is 2. The minimum atomic E-state index is -3.56. The summed E-state index contributed by atoms with van der Waals surface area (Å²) in [5.74, 6) is -0.181. The van der Waals surface area contributed by atoms with Crippen molar-refractivity contribution in [1.29, 1.82) is 0 Å². The Morgan fingerprint density at radius 1 is 1.04 bits per heavy atom. The Kier molecular flexibility index (Phi) is 5.70. The van der Waals surface area contributed by atoms with Gasteiger partial charge in [-0.05, 0) is 42.3 Å². The van der Waals surface area contributed by atoms with E-state index in [1.165, 1.54) is 12.1 Å². The number of sulfone groups is 1. The average molecular weight is 388 g/mol. The van der Waals surface area contributed by atoms with Crippen molar-refractivity contribution in [1.82, 2.24) is 4.72 Å². The Bertz CT molecular complexity index is 923. The molecule has 0 aliphatic rings. The van der Waals surface area contributed by atoms with E-state index in [-0.39, 0.29) is 10.6 Å². The van der Waals surface area contributed by atoms with Crippen LogP contribution in [0.5, 0.6) is 0 Å². The number of rotatable bonds is 6. The molecule has 2 rings (SSSR count). The molecule has 0 aliphatic carbocycles. The standard InChI is InChI=1S/C16H18ClNO4S2/c1-12(14-6-8-16(9-7-14)23(2,19)20)18-24(21,22)11-13-4-3-5-15(17)10-13/h3-10,12,18H,11H2,1-2H3/t12-/m0/s1.